The highest BCUT2D eigenvalue weighted by Gasteiger charge is 2.12. The summed E-state index contributed by atoms with van der Waals surface area (Å²) in [5, 5.41) is 22.6. The van der Waals surface area contributed by atoms with Gasteiger partial charge < -0.3 is 20.3 Å². The number of nitrogens with one attached hydrogen (secondary N) is 1. The lowest BCUT2D eigenvalue weighted by atomic mass is 10.1. The van der Waals surface area contributed by atoms with E-state index in [-0.39, 0.29) is 17.5 Å². The van der Waals surface area contributed by atoms with Crippen molar-refractivity contribution in [3.05, 3.63) is 23.8 Å². The van der Waals surface area contributed by atoms with Gasteiger partial charge in [-0.3, -0.25) is 4.79 Å². The molecule has 100 valence electrons. The van der Waals surface area contributed by atoms with Crippen LogP contribution in [-0.2, 0) is 4.79 Å². The van der Waals surface area contributed by atoms with E-state index < -0.39 is 12.1 Å². The molecule has 3 N–H and O–H groups in total. The molecule has 0 saturated heterocycles. The lowest BCUT2D eigenvalue weighted by Gasteiger charge is -2.15. The first-order chi connectivity index (χ1) is 8.40. The van der Waals surface area contributed by atoms with Crippen LogP contribution in [0.15, 0.2) is 18.2 Å². The minimum absolute atomic E-state index is 0.0928. The monoisotopic (exact) mass is 253 g/mol. The molecule has 5 heteroatoms. The van der Waals surface area contributed by atoms with Gasteiger partial charge in [0.1, 0.15) is 0 Å². The second-order valence-corrected chi connectivity index (χ2v) is 4.40. The lowest BCUT2D eigenvalue weighted by molar-refractivity contribution is -0.132. The average molecular weight is 253 g/mol. The summed E-state index contributed by atoms with van der Waals surface area (Å²) in [6.07, 6.45) is -0.718. The topological polar surface area (TPSA) is 78.8 Å². The van der Waals surface area contributed by atoms with Crippen molar-refractivity contribution in [1.29, 1.82) is 0 Å². The Hall–Kier alpha value is -1.59. The highest BCUT2D eigenvalue weighted by molar-refractivity contribution is 5.70. The maximum atomic E-state index is 10.8. The van der Waals surface area contributed by atoms with E-state index in [9.17, 15) is 15.0 Å². The van der Waals surface area contributed by atoms with Crippen molar-refractivity contribution in [2.24, 2.45) is 0 Å². The van der Waals surface area contributed by atoms with Gasteiger partial charge in [0, 0.05) is 19.5 Å². The van der Waals surface area contributed by atoms with E-state index >= 15 is 0 Å². The Labute approximate surface area is 106 Å². The normalized spacial score (nSPS) is 12.5. The molecule has 5 nitrogen and oxygen atoms in total. The molecule has 18 heavy (non-hydrogen) atoms. The summed E-state index contributed by atoms with van der Waals surface area (Å²) in [6.45, 7) is 5.61. The lowest BCUT2D eigenvalue weighted by Crippen LogP contribution is -2.27. The molecule has 1 unspecified atom stereocenters. The number of aliphatic hydroxyl groups is 1. The number of phenolic OH excluding ortho intramolecular Hbond substituents is 1. The summed E-state index contributed by atoms with van der Waals surface area (Å²) >= 11 is 0. The van der Waals surface area contributed by atoms with Crippen molar-refractivity contribution in [3.8, 4) is 11.5 Å². The molecule has 1 atom stereocenters. The Morgan fingerprint density at radius 1 is 1.44 bits per heavy atom. The molecule has 0 saturated carbocycles. The minimum atomic E-state index is -0.718. The molecule has 1 aromatic rings. The second-order valence-electron chi connectivity index (χ2n) is 4.40. The SMILES string of the molecule is CC(=O)Oc1ccc(C(O)CNC(C)C)cc1O. The van der Waals surface area contributed by atoms with Crippen molar-refractivity contribution in [1.82, 2.24) is 5.32 Å². The smallest absolute Gasteiger partial charge is 0.308 e. The molecule has 0 radical (unpaired) electrons. The first-order valence-corrected chi connectivity index (χ1v) is 5.83. The molecule has 0 spiro atoms. The molecule has 1 aromatic carbocycles. The molecular formula is C13H19NO4. The Kier molecular flexibility index (Phi) is 5.12. The predicted octanol–water partition coefficient (Wildman–Crippen LogP) is 1.35. The number of carbonyl (C=O) groups is 1. The molecule has 0 aliphatic carbocycles. The maximum Gasteiger partial charge on any atom is 0.308 e. The number of rotatable bonds is 5. The summed E-state index contributed by atoms with van der Waals surface area (Å²) in [5.74, 6) is -0.568. The molecule has 0 heterocycles. The van der Waals surface area contributed by atoms with E-state index in [1.165, 1.54) is 19.1 Å². The van der Waals surface area contributed by atoms with Gasteiger partial charge in [0.25, 0.3) is 0 Å². The number of aliphatic hydroxyl groups excluding tert-OH is 1. The highest BCUT2D eigenvalue weighted by atomic mass is 16.5. The zero-order valence-electron chi connectivity index (χ0n) is 10.8. The summed E-state index contributed by atoms with van der Waals surface area (Å²) < 4.78 is 4.79. The van der Waals surface area contributed by atoms with Crippen molar-refractivity contribution in [2.75, 3.05) is 6.54 Å². The second kappa shape index (κ2) is 6.37. The summed E-state index contributed by atoms with van der Waals surface area (Å²) in [6, 6.07) is 4.74. The van der Waals surface area contributed by atoms with Gasteiger partial charge in [0.2, 0.25) is 0 Å². The van der Waals surface area contributed by atoms with Gasteiger partial charge in [-0.15, -0.1) is 0 Å². The molecule has 0 amide bonds. The first-order valence-electron chi connectivity index (χ1n) is 5.83. The standard InChI is InChI=1S/C13H19NO4/c1-8(2)14-7-12(17)10-4-5-13(11(16)6-10)18-9(3)15/h4-6,8,12,14,16-17H,7H2,1-3H3. The van der Waals surface area contributed by atoms with Gasteiger partial charge in [0.15, 0.2) is 11.5 Å². The van der Waals surface area contributed by atoms with Crippen LogP contribution in [0.25, 0.3) is 0 Å². The number of hydrogen-bond donors (Lipinski definition) is 3. The van der Waals surface area contributed by atoms with E-state index in [1.54, 1.807) is 6.07 Å². The number of carbonyl (C=O) groups excluding carboxylic acids is 1. The molecule has 0 aliphatic heterocycles. The van der Waals surface area contributed by atoms with Gasteiger partial charge in [-0.05, 0) is 17.7 Å². The van der Waals surface area contributed by atoms with Gasteiger partial charge in [0.05, 0.1) is 6.10 Å². The highest BCUT2D eigenvalue weighted by Crippen LogP contribution is 2.29. The van der Waals surface area contributed by atoms with Crippen LogP contribution in [0.3, 0.4) is 0 Å². The van der Waals surface area contributed by atoms with Crippen molar-refractivity contribution < 1.29 is 19.7 Å². The van der Waals surface area contributed by atoms with Gasteiger partial charge in [-0.1, -0.05) is 19.9 Å². The third-order valence-electron chi connectivity index (χ3n) is 2.34. The maximum absolute atomic E-state index is 10.8. The Bertz CT molecular complexity index is 417. The molecule has 0 fully saturated rings. The Morgan fingerprint density at radius 2 is 2.11 bits per heavy atom. The quantitative estimate of drug-likeness (QED) is 0.545. The summed E-state index contributed by atoms with van der Waals surface area (Å²) in [4.78, 5) is 10.8. The fourth-order valence-electron chi connectivity index (χ4n) is 1.45. The summed E-state index contributed by atoms with van der Waals surface area (Å²) in [5.41, 5.74) is 0.566. The Morgan fingerprint density at radius 3 is 2.61 bits per heavy atom. The number of aromatic hydroxyl groups is 1. The molecule has 0 bridgehead atoms. The van der Waals surface area contributed by atoms with E-state index in [4.69, 9.17) is 4.74 Å². The number of esters is 1. The average Bonchev–Trinajstić information content (AvgIpc) is 2.28. The van der Waals surface area contributed by atoms with E-state index in [1.807, 2.05) is 13.8 Å². The van der Waals surface area contributed by atoms with Gasteiger partial charge >= 0.3 is 5.97 Å². The van der Waals surface area contributed by atoms with Crippen molar-refractivity contribution in [2.45, 2.75) is 32.9 Å². The van der Waals surface area contributed by atoms with Gasteiger partial charge in [-0.25, -0.2) is 0 Å². The van der Waals surface area contributed by atoms with Crippen LogP contribution in [-0.4, -0.2) is 28.8 Å². The van der Waals surface area contributed by atoms with E-state index in [0.717, 1.165) is 0 Å². The fourth-order valence-corrected chi connectivity index (χ4v) is 1.45. The fraction of sp³-hybridized carbons (Fsp3) is 0.462. The number of ether oxygens (including phenoxy) is 1. The number of phenols is 1. The minimum Gasteiger partial charge on any atom is -0.504 e. The first kappa shape index (κ1) is 14.5. The van der Waals surface area contributed by atoms with Crippen molar-refractivity contribution in [3.63, 3.8) is 0 Å². The van der Waals surface area contributed by atoms with Crippen LogP contribution in [0.4, 0.5) is 0 Å². The third-order valence-corrected chi connectivity index (χ3v) is 2.34. The number of hydrogen-bond acceptors (Lipinski definition) is 5. The molecule has 0 aliphatic rings. The van der Waals surface area contributed by atoms with E-state index in [2.05, 4.69) is 5.32 Å². The van der Waals surface area contributed by atoms with Crippen LogP contribution in [0, 0.1) is 0 Å². The zero-order chi connectivity index (χ0) is 13.7. The molecule has 1 rings (SSSR count). The molecular weight excluding hydrogens is 234 g/mol. The van der Waals surface area contributed by atoms with Crippen LogP contribution in [0.5, 0.6) is 11.5 Å². The molecule has 0 aromatic heterocycles. The largest absolute Gasteiger partial charge is 0.504 e. The van der Waals surface area contributed by atoms with Crippen LogP contribution in [0.2, 0.25) is 0 Å². The van der Waals surface area contributed by atoms with Crippen LogP contribution >= 0.6 is 0 Å². The van der Waals surface area contributed by atoms with Gasteiger partial charge in [-0.2, -0.15) is 0 Å². The zero-order valence-corrected chi connectivity index (χ0v) is 10.8. The van der Waals surface area contributed by atoms with E-state index in [0.29, 0.717) is 12.1 Å². The van der Waals surface area contributed by atoms with Crippen molar-refractivity contribution >= 4 is 5.97 Å². The van der Waals surface area contributed by atoms with Crippen LogP contribution in [0.1, 0.15) is 32.4 Å². The number of benzene rings is 1. The Balaban J connectivity index is 2.73. The third kappa shape index (κ3) is 4.35. The van der Waals surface area contributed by atoms with Crippen LogP contribution < -0.4 is 10.1 Å². The predicted molar refractivity (Wildman–Crippen MR) is 67.5 cm³/mol. The summed E-state index contributed by atoms with van der Waals surface area (Å²) in [7, 11) is 0.